The highest BCUT2D eigenvalue weighted by molar-refractivity contribution is 6.35. The van der Waals surface area contributed by atoms with Gasteiger partial charge in [0.2, 0.25) is 5.91 Å². The predicted octanol–water partition coefficient (Wildman–Crippen LogP) is 3.75. The maximum Gasteiger partial charge on any atom is 0.231 e. The largest absolute Gasteiger partial charge is 0.325 e. The number of hydrogen-bond donors (Lipinski definition) is 1. The van der Waals surface area contributed by atoms with Crippen LogP contribution in [0.3, 0.4) is 0 Å². The van der Waals surface area contributed by atoms with Gasteiger partial charge in [0.15, 0.2) is 0 Å². The number of rotatable bonds is 3. The second kappa shape index (κ2) is 5.19. The summed E-state index contributed by atoms with van der Waals surface area (Å²) in [6.45, 7) is 5.30. The fourth-order valence-corrected chi connectivity index (χ4v) is 1.52. The van der Waals surface area contributed by atoms with E-state index in [1.807, 2.05) is 0 Å². The van der Waals surface area contributed by atoms with Crippen LogP contribution in [-0.4, -0.2) is 5.91 Å². The Kier molecular flexibility index (Phi) is 4.18. The molecule has 1 amide bonds. The van der Waals surface area contributed by atoms with Gasteiger partial charge in [0.25, 0.3) is 0 Å². The molecule has 1 aromatic carbocycles. The number of carbonyl (C=O) groups is 1. The summed E-state index contributed by atoms with van der Waals surface area (Å²) in [4.78, 5) is 11.5. The summed E-state index contributed by atoms with van der Waals surface area (Å²) in [6.07, 6.45) is 1.57. The zero-order valence-electron chi connectivity index (χ0n) is 8.26. The molecule has 1 aromatic rings. The molecule has 2 nitrogen and oxygen atoms in total. The maximum atomic E-state index is 11.5. The van der Waals surface area contributed by atoms with Gasteiger partial charge >= 0.3 is 0 Å². The van der Waals surface area contributed by atoms with Crippen molar-refractivity contribution in [2.24, 2.45) is 5.92 Å². The molecule has 0 fully saturated rings. The summed E-state index contributed by atoms with van der Waals surface area (Å²) < 4.78 is 0. The van der Waals surface area contributed by atoms with E-state index in [9.17, 15) is 4.79 Å². The van der Waals surface area contributed by atoms with Gasteiger partial charge in [-0.2, -0.15) is 0 Å². The molecule has 0 radical (unpaired) electrons. The molecular weight excluding hydrogens is 233 g/mol. The molecule has 1 atom stereocenters. The van der Waals surface area contributed by atoms with Crippen LogP contribution in [0.5, 0.6) is 0 Å². The Bertz CT molecular complexity index is 370. The first kappa shape index (κ1) is 12.1. The Balaban J connectivity index is 2.80. The summed E-state index contributed by atoms with van der Waals surface area (Å²) in [5, 5.41) is 3.67. The van der Waals surface area contributed by atoms with Crippen molar-refractivity contribution < 1.29 is 4.79 Å². The third kappa shape index (κ3) is 3.57. The zero-order chi connectivity index (χ0) is 11.4. The molecule has 0 aliphatic carbocycles. The molecule has 1 rings (SSSR count). The molecule has 0 spiro atoms. The van der Waals surface area contributed by atoms with Crippen LogP contribution in [0.2, 0.25) is 10.0 Å². The van der Waals surface area contributed by atoms with Gasteiger partial charge in [-0.1, -0.05) is 36.2 Å². The molecule has 0 bridgehead atoms. The molecule has 0 aliphatic heterocycles. The highest BCUT2D eigenvalue weighted by Gasteiger charge is 2.09. The van der Waals surface area contributed by atoms with Gasteiger partial charge in [-0.3, -0.25) is 4.79 Å². The molecule has 0 aliphatic rings. The summed E-state index contributed by atoms with van der Waals surface area (Å²) in [6, 6.07) is 4.89. The van der Waals surface area contributed by atoms with Crippen LogP contribution in [-0.2, 0) is 4.79 Å². The summed E-state index contributed by atoms with van der Waals surface area (Å²) in [7, 11) is 0. The second-order valence-corrected chi connectivity index (χ2v) is 4.04. The standard InChI is InChI=1S/C11H11Cl2NO/c1-3-7(2)11(15)14-10-5-8(12)4-9(13)6-10/h3-7H,1H2,2H3,(H,14,15). The minimum absolute atomic E-state index is 0.136. The van der Waals surface area contributed by atoms with Crippen molar-refractivity contribution in [1.29, 1.82) is 0 Å². The average Bonchev–Trinajstić information content (AvgIpc) is 2.14. The maximum absolute atomic E-state index is 11.5. The van der Waals surface area contributed by atoms with Crippen LogP contribution >= 0.6 is 23.2 Å². The van der Waals surface area contributed by atoms with Gasteiger partial charge in [-0.15, -0.1) is 6.58 Å². The molecule has 80 valence electrons. The highest BCUT2D eigenvalue weighted by atomic mass is 35.5. The SMILES string of the molecule is C=CC(C)C(=O)Nc1cc(Cl)cc(Cl)c1. The first-order valence-electron chi connectivity index (χ1n) is 4.42. The lowest BCUT2D eigenvalue weighted by molar-refractivity contribution is -0.118. The van der Waals surface area contributed by atoms with Gasteiger partial charge in [-0.25, -0.2) is 0 Å². The summed E-state index contributed by atoms with van der Waals surface area (Å²) in [5.41, 5.74) is 0.589. The van der Waals surface area contributed by atoms with Crippen molar-refractivity contribution >= 4 is 34.8 Å². The first-order chi connectivity index (χ1) is 7.02. The van der Waals surface area contributed by atoms with Crippen LogP contribution in [0, 0.1) is 5.92 Å². The van der Waals surface area contributed by atoms with Crippen molar-refractivity contribution in [2.45, 2.75) is 6.92 Å². The van der Waals surface area contributed by atoms with Crippen molar-refractivity contribution in [2.75, 3.05) is 5.32 Å². The number of amides is 1. The molecule has 0 aromatic heterocycles. The molecule has 0 saturated carbocycles. The van der Waals surface area contributed by atoms with E-state index in [4.69, 9.17) is 23.2 Å². The van der Waals surface area contributed by atoms with E-state index in [2.05, 4.69) is 11.9 Å². The lowest BCUT2D eigenvalue weighted by atomic mass is 10.1. The zero-order valence-corrected chi connectivity index (χ0v) is 9.77. The first-order valence-corrected chi connectivity index (χ1v) is 5.18. The molecule has 15 heavy (non-hydrogen) atoms. The normalized spacial score (nSPS) is 11.9. The van der Waals surface area contributed by atoms with Gasteiger partial charge in [0, 0.05) is 15.7 Å². The Morgan fingerprint density at radius 1 is 1.40 bits per heavy atom. The third-order valence-corrected chi connectivity index (χ3v) is 2.33. The number of nitrogens with one attached hydrogen (secondary N) is 1. The number of hydrogen-bond acceptors (Lipinski definition) is 1. The minimum atomic E-state index is -0.247. The van der Waals surface area contributed by atoms with Crippen LogP contribution in [0.1, 0.15) is 6.92 Å². The van der Waals surface area contributed by atoms with E-state index in [0.717, 1.165) is 0 Å². The minimum Gasteiger partial charge on any atom is -0.325 e. The lowest BCUT2D eigenvalue weighted by Gasteiger charge is -2.08. The Morgan fingerprint density at radius 2 is 1.93 bits per heavy atom. The van der Waals surface area contributed by atoms with E-state index >= 15 is 0 Å². The molecular formula is C11H11Cl2NO. The summed E-state index contributed by atoms with van der Waals surface area (Å²) in [5.74, 6) is -0.383. The fourth-order valence-electron chi connectivity index (χ4n) is 0.989. The van der Waals surface area contributed by atoms with E-state index in [1.54, 1.807) is 31.2 Å². The smallest absolute Gasteiger partial charge is 0.231 e. The van der Waals surface area contributed by atoms with Crippen LogP contribution in [0.4, 0.5) is 5.69 Å². The highest BCUT2D eigenvalue weighted by Crippen LogP contribution is 2.22. The molecule has 0 heterocycles. The fraction of sp³-hybridized carbons (Fsp3) is 0.182. The summed E-state index contributed by atoms with van der Waals surface area (Å²) >= 11 is 11.6. The van der Waals surface area contributed by atoms with E-state index in [-0.39, 0.29) is 11.8 Å². The van der Waals surface area contributed by atoms with Gasteiger partial charge in [0.1, 0.15) is 0 Å². The monoisotopic (exact) mass is 243 g/mol. The van der Waals surface area contributed by atoms with Crippen molar-refractivity contribution in [1.82, 2.24) is 0 Å². The number of anilines is 1. The number of carbonyl (C=O) groups excluding carboxylic acids is 1. The predicted molar refractivity (Wildman–Crippen MR) is 64.5 cm³/mol. The number of halogens is 2. The van der Waals surface area contributed by atoms with E-state index in [1.165, 1.54) is 0 Å². The van der Waals surface area contributed by atoms with Gasteiger partial charge < -0.3 is 5.32 Å². The van der Waals surface area contributed by atoms with Crippen LogP contribution in [0.25, 0.3) is 0 Å². The molecule has 4 heteroatoms. The van der Waals surface area contributed by atoms with Crippen LogP contribution in [0.15, 0.2) is 30.9 Å². The number of benzene rings is 1. The van der Waals surface area contributed by atoms with E-state index in [0.29, 0.717) is 15.7 Å². The van der Waals surface area contributed by atoms with E-state index < -0.39 is 0 Å². The quantitative estimate of drug-likeness (QED) is 0.806. The molecule has 0 saturated heterocycles. The van der Waals surface area contributed by atoms with Crippen LogP contribution < -0.4 is 5.32 Å². The Hall–Kier alpha value is -0.990. The topological polar surface area (TPSA) is 29.1 Å². The second-order valence-electron chi connectivity index (χ2n) is 3.17. The average molecular weight is 244 g/mol. The van der Waals surface area contributed by atoms with Crippen molar-refractivity contribution in [3.05, 3.63) is 40.9 Å². The van der Waals surface area contributed by atoms with Crippen molar-refractivity contribution in [3.63, 3.8) is 0 Å². The lowest BCUT2D eigenvalue weighted by Crippen LogP contribution is -2.18. The molecule has 1 N–H and O–H groups in total. The Morgan fingerprint density at radius 3 is 2.40 bits per heavy atom. The Labute approximate surface area is 98.9 Å². The molecule has 1 unspecified atom stereocenters. The van der Waals surface area contributed by atoms with Crippen molar-refractivity contribution in [3.8, 4) is 0 Å². The van der Waals surface area contributed by atoms with Gasteiger partial charge in [0.05, 0.1) is 5.92 Å². The van der Waals surface area contributed by atoms with Gasteiger partial charge in [-0.05, 0) is 18.2 Å². The third-order valence-electron chi connectivity index (χ3n) is 1.90.